The van der Waals surface area contributed by atoms with E-state index < -0.39 is 0 Å². The van der Waals surface area contributed by atoms with Gasteiger partial charge in [-0.25, -0.2) is 0 Å². The molecule has 0 spiro atoms. The van der Waals surface area contributed by atoms with Crippen LogP contribution in [0.1, 0.15) is 27.2 Å². The second kappa shape index (κ2) is 3.44. The summed E-state index contributed by atoms with van der Waals surface area (Å²) in [5.74, 6) is 0.121. The Labute approximate surface area is 73.7 Å². The quantitative estimate of drug-likeness (QED) is 0.621. The summed E-state index contributed by atoms with van der Waals surface area (Å²) in [5.41, 5.74) is -0.208. The molecule has 1 saturated heterocycles. The van der Waals surface area contributed by atoms with Crippen LogP contribution in [0.5, 0.6) is 0 Å². The van der Waals surface area contributed by atoms with Crippen molar-refractivity contribution in [3.8, 4) is 0 Å². The van der Waals surface area contributed by atoms with Gasteiger partial charge >= 0.3 is 0 Å². The maximum Gasteiger partial charge on any atom is 0.248 e. The minimum Gasteiger partial charge on any atom is -0.366 e. The fraction of sp³-hybridized carbons (Fsp3) is 0.889. The molecule has 0 N–H and O–H groups in total. The number of carbonyl (C=O) groups is 1. The minimum absolute atomic E-state index is 0.121. The zero-order valence-corrected chi connectivity index (χ0v) is 8.09. The molecule has 12 heavy (non-hydrogen) atoms. The van der Waals surface area contributed by atoms with Crippen LogP contribution in [0.25, 0.3) is 0 Å². The molecule has 0 atom stereocenters. The summed E-state index contributed by atoms with van der Waals surface area (Å²) >= 11 is 0. The highest BCUT2D eigenvalue weighted by Crippen LogP contribution is 2.10. The third-order valence-corrected chi connectivity index (χ3v) is 1.84. The highest BCUT2D eigenvalue weighted by molar-refractivity contribution is 5.78. The number of likely N-dealkylation sites (tertiary alicyclic amines) is 1. The van der Waals surface area contributed by atoms with Crippen LogP contribution in [0.3, 0.4) is 0 Å². The molecule has 0 aromatic carbocycles. The second-order valence-corrected chi connectivity index (χ2v) is 4.14. The second-order valence-electron chi connectivity index (χ2n) is 4.14. The third-order valence-electron chi connectivity index (χ3n) is 1.84. The Hall–Kier alpha value is -0.570. The normalized spacial score (nSPS) is 17.4. The first-order valence-corrected chi connectivity index (χ1v) is 4.41. The molecule has 1 rings (SSSR count). The van der Waals surface area contributed by atoms with E-state index in [4.69, 9.17) is 4.74 Å². The van der Waals surface area contributed by atoms with Crippen molar-refractivity contribution in [2.75, 3.05) is 19.7 Å². The van der Waals surface area contributed by atoms with E-state index in [0.717, 1.165) is 19.5 Å². The number of hydrogen-bond donors (Lipinski definition) is 0. The smallest absolute Gasteiger partial charge is 0.248 e. The van der Waals surface area contributed by atoms with Crippen molar-refractivity contribution < 1.29 is 9.53 Å². The number of hydrogen-bond acceptors (Lipinski definition) is 2. The van der Waals surface area contributed by atoms with Crippen LogP contribution in [0.4, 0.5) is 0 Å². The molecule has 1 aliphatic heterocycles. The SMILES string of the molecule is CC(C)(C)OCC(=O)N1CCC1. The molecule has 0 bridgehead atoms. The van der Waals surface area contributed by atoms with Crippen molar-refractivity contribution in [1.82, 2.24) is 4.90 Å². The Morgan fingerprint density at radius 2 is 2.00 bits per heavy atom. The molecule has 1 heterocycles. The highest BCUT2D eigenvalue weighted by atomic mass is 16.5. The molecule has 0 unspecified atom stereocenters. The Balaban J connectivity index is 2.18. The van der Waals surface area contributed by atoms with Gasteiger partial charge in [0.25, 0.3) is 0 Å². The Kier molecular flexibility index (Phi) is 2.73. The highest BCUT2D eigenvalue weighted by Gasteiger charge is 2.21. The van der Waals surface area contributed by atoms with Crippen LogP contribution in [0.15, 0.2) is 0 Å². The fourth-order valence-electron chi connectivity index (χ4n) is 0.935. The molecule has 1 amide bonds. The molecule has 0 aromatic heterocycles. The summed E-state index contributed by atoms with van der Waals surface area (Å²) < 4.78 is 5.36. The van der Waals surface area contributed by atoms with Crippen molar-refractivity contribution in [3.05, 3.63) is 0 Å². The molecule has 70 valence electrons. The van der Waals surface area contributed by atoms with Gasteiger partial charge in [0.2, 0.25) is 5.91 Å². The molecule has 0 radical (unpaired) electrons. The van der Waals surface area contributed by atoms with Gasteiger partial charge in [-0.15, -0.1) is 0 Å². The average Bonchev–Trinajstić information content (AvgIpc) is 1.78. The zero-order valence-electron chi connectivity index (χ0n) is 8.09. The lowest BCUT2D eigenvalue weighted by Gasteiger charge is -2.31. The van der Waals surface area contributed by atoms with Gasteiger partial charge in [-0.1, -0.05) is 0 Å². The van der Waals surface area contributed by atoms with Crippen molar-refractivity contribution in [3.63, 3.8) is 0 Å². The summed E-state index contributed by atoms with van der Waals surface area (Å²) in [5, 5.41) is 0. The van der Waals surface area contributed by atoms with Gasteiger partial charge in [-0.05, 0) is 27.2 Å². The minimum atomic E-state index is -0.208. The molecular formula is C9H17NO2. The Morgan fingerprint density at radius 3 is 2.33 bits per heavy atom. The number of amides is 1. The maximum atomic E-state index is 11.3. The van der Waals surface area contributed by atoms with E-state index in [1.54, 1.807) is 0 Å². The lowest BCUT2D eigenvalue weighted by atomic mass is 10.2. The number of ether oxygens (including phenoxy) is 1. The predicted octanol–water partition coefficient (Wildman–Crippen LogP) is 1.03. The largest absolute Gasteiger partial charge is 0.366 e. The van der Waals surface area contributed by atoms with Crippen LogP contribution >= 0.6 is 0 Å². The Bertz CT molecular complexity index is 168. The van der Waals surface area contributed by atoms with Crippen LogP contribution in [-0.2, 0) is 9.53 Å². The Morgan fingerprint density at radius 1 is 1.42 bits per heavy atom. The van der Waals surface area contributed by atoms with Crippen LogP contribution in [0.2, 0.25) is 0 Å². The first-order valence-electron chi connectivity index (χ1n) is 4.41. The van der Waals surface area contributed by atoms with Gasteiger partial charge in [0.15, 0.2) is 0 Å². The average molecular weight is 171 g/mol. The summed E-state index contributed by atoms with van der Waals surface area (Å²) in [4.78, 5) is 13.1. The summed E-state index contributed by atoms with van der Waals surface area (Å²) in [6.45, 7) is 7.91. The first-order chi connectivity index (χ1) is 5.49. The van der Waals surface area contributed by atoms with E-state index in [0.29, 0.717) is 0 Å². The van der Waals surface area contributed by atoms with Gasteiger partial charge < -0.3 is 9.64 Å². The maximum absolute atomic E-state index is 11.3. The van der Waals surface area contributed by atoms with Crippen molar-refractivity contribution in [1.29, 1.82) is 0 Å². The van der Waals surface area contributed by atoms with Crippen molar-refractivity contribution >= 4 is 5.91 Å². The summed E-state index contributed by atoms with van der Waals surface area (Å²) in [7, 11) is 0. The van der Waals surface area contributed by atoms with E-state index in [9.17, 15) is 4.79 Å². The molecule has 0 aromatic rings. The lowest BCUT2D eigenvalue weighted by molar-refractivity contribution is -0.144. The monoisotopic (exact) mass is 171 g/mol. The third kappa shape index (κ3) is 2.81. The first kappa shape index (κ1) is 9.52. The van der Waals surface area contributed by atoms with Gasteiger partial charge in [0, 0.05) is 13.1 Å². The number of rotatable bonds is 2. The van der Waals surface area contributed by atoms with Crippen LogP contribution < -0.4 is 0 Å². The molecule has 1 aliphatic rings. The fourth-order valence-corrected chi connectivity index (χ4v) is 0.935. The molecular weight excluding hydrogens is 154 g/mol. The number of carbonyl (C=O) groups excluding carboxylic acids is 1. The van der Waals surface area contributed by atoms with Gasteiger partial charge in [-0.2, -0.15) is 0 Å². The van der Waals surface area contributed by atoms with E-state index in [2.05, 4.69) is 0 Å². The molecule has 3 nitrogen and oxygen atoms in total. The van der Waals surface area contributed by atoms with E-state index in [-0.39, 0.29) is 18.1 Å². The van der Waals surface area contributed by atoms with Crippen LogP contribution in [-0.4, -0.2) is 36.1 Å². The molecule has 3 heteroatoms. The zero-order chi connectivity index (χ0) is 9.19. The van der Waals surface area contributed by atoms with Gasteiger partial charge in [-0.3, -0.25) is 4.79 Å². The summed E-state index contributed by atoms with van der Waals surface area (Å²) in [6, 6.07) is 0. The predicted molar refractivity (Wildman–Crippen MR) is 46.9 cm³/mol. The van der Waals surface area contributed by atoms with E-state index >= 15 is 0 Å². The topological polar surface area (TPSA) is 29.5 Å². The molecule has 0 aliphatic carbocycles. The summed E-state index contributed by atoms with van der Waals surface area (Å²) in [6.07, 6.45) is 1.14. The molecule has 0 saturated carbocycles. The van der Waals surface area contributed by atoms with Crippen molar-refractivity contribution in [2.24, 2.45) is 0 Å². The van der Waals surface area contributed by atoms with Gasteiger partial charge in [0.05, 0.1) is 5.60 Å². The van der Waals surface area contributed by atoms with E-state index in [1.807, 2.05) is 25.7 Å². The van der Waals surface area contributed by atoms with Crippen molar-refractivity contribution in [2.45, 2.75) is 32.8 Å². The molecule has 1 fully saturated rings. The van der Waals surface area contributed by atoms with E-state index in [1.165, 1.54) is 0 Å². The van der Waals surface area contributed by atoms with Gasteiger partial charge in [0.1, 0.15) is 6.61 Å². The van der Waals surface area contributed by atoms with Crippen LogP contribution in [0, 0.1) is 0 Å². The lowest BCUT2D eigenvalue weighted by Crippen LogP contribution is -2.44. The number of nitrogens with zero attached hydrogens (tertiary/aromatic N) is 1. The standard InChI is InChI=1S/C9H17NO2/c1-9(2,3)12-7-8(11)10-5-4-6-10/h4-7H2,1-3H3.